The Labute approximate surface area is 125 Å². The first-order chi connectivity index (χ1) is 9.37. The number of hydrogen-bond acceptors (Lipinski definition) is 3. The molecule has 1 fully saturated rings. The van der Waals surface area contributed by atoms with E-state index in [0.29, 0.717) is 23.0 Å². The lowest BCUT2D eigenvalue weighted by atomic mass is 9.94. The van der Waals surface area contributed by atoms with E-state index in [4.69, 9.17) is 11.6 Å². The standard InChI is InChI=1S/C14H20ClNO3S/c1-10-4-3-7-16(11(10)2)20(18,19)13-5-6-14(15)12(8-13)9-17/h5-6,8,10-11,17H,3-4,7,9H2,1-2H3. The summed E-state index contributed by atoms with van der Waals surface area (Å²) in [4.78, 5) is 0.201. The fourth-order valence-corrected chi connectivity index (χ4v) is 4.60. The summed E-state index contributed by atoms with van der Waals surface area (Å²) in [5, 5.41) is 9.60. The predicted octanol–water partition coefficient (Wildman–Crippen LogP) is 2.64. The molecule has 1 aliphatic rings. The SMILES string of the molecule is CC1CCCN(S(=O)(=O)c2ccc(Cl)c(CO)c2)C1C. The van der Waals surface area contributed by atoms with Gasteiger partial charge in [-0.1, -0.05) is 18.5 Å². The molecule has 1 heterocycles. The van der Waals surface area contributed by atoms with E-state index in [1.807, 2.05) is 6.92 Å². The Kier molecular flexibility index (Phi) is 4.74. The Morgan fingerprint density at radius 3 is 2.75 bits per heavy atom. The first-order valence-corrected chi connectivity index (χ1v) is 8.61. The maximum absolute atomic E-state index is 12.7. The highest BCUT2D eigenvalue weighted by atomic mass is 35.5. The summed E-state index contributed by atoms with van der Waals surface area (Å²) in [6.07, 6.45) is 1.93. The summed E-state index contributed by atoms with van der Waals surface area (Å²) >= 11 is 5.92. The Morgan fingerprint density at radius 1 is 1.40 bits per heavy atom. The fourth-order valence-electron chi connectivity index (χ4n) is 2.60. The van der Waals surface area contributed by atoms with Gasteiger partial charge in [-0.15, -0.1) is 0 Å². The predicted molar refractivity (Wildman–Crippen MR) is 79.1 cm³/mol. The molecule has 0 bridgehead atoms. The third kappa shape index (κ3) is 2.86. The van der Waals surface area contributed by atoms with Crippen LogP contribution >= 0.6 is 11.6 Å². The van der Waals surface area contributed by atoms with Crippen LogP contribution in [0.2, 0.25) is 5.02 Å². The van der Waals surface area contributed by atoms with Crippen LogP contribution in [0.1, 0.15) is 32.3 Å². The topological polar surface area (TPSA) is 57.6 Å². The van der Waals surface area contributed by atoms with Gasteiger partial charge in [-0.05, 0) is 49.4 Å². The molecule has 6 heteroatoms. The van der Waals surface area contributed by atoms with Gasteiger partial charge in [0.25, 0.3) is 0 Å². The smallest absolute Gasteiger partial charge is 0.243 e. The summed E-state index contributed by atoms with van der Waals surface area (Å²) in [5.41, 5.74) is 0.436. The van der Waals surface area contributed by atoms with Gasteiger partial charge in [-0.25, -0.2) is 8.42 Å². The van der Waals surface area contributed by atoms with Gasteiger partial charge < -0.3 is 5.11 Å². The van der Waals surface area contributed by atoms with Crippen LogP contribution in [0.5, 0.6) is 0 Å². The number of benzene rings is 1. The maximum atomic E-state index is 12.7. The minimum Gasteiger partial charge on any atom is -0.392 e. The van der Waals surface area contributed by atoms with Crippen molar-refractivity contribution in [3.8, 4) is 0 Å². The summed E-state index contributed by atoms with van der Waals surface area (Å²) in [6.45, 7) is 4.30. The van der Waals surface area contributed by atoms with E-state index < -0.39 is 10.0 Å². The Morgan fingerprint density at radius 2 is 2.10 bits per heavy atom. The molecule has 2 rings (SSSR count). The van der Waals surface area contributed by atoms with Crippen LogP contribution in [0.3, 0.4) is 0 Å². The van der Waals surface area contributed by atoms with Gasteiger partial charge >= 0.3 is 0 Å². The third-order valence-corrected chi connectivity index (χ3v) is 6.46. The van der Waals surface area contributed by atoms with Gasteiger partial charge in [0.05, 0.1) is 11.5 Å². The van der Waals surface area contributed by atoms with Crippen LogP contribution in [-0.2, 0) is 16.6 Å². The van der Waals surface area contributed by atoms with Crippen LogP contribution in [0.4, 0.5) is 0 Å². The second kappa shape index (κ2) is 6.02. The molecular formula is C14H20ClNO3S. The average molecular weight is 318 g/mol. The Hall–Kier alpha value is -0.620. The van der Waals surface area contributed by atoms with Crippen molar-refractivity contribution in [1.29, 1.82) is 0 Å². The zero-order chi connectivity index (χ0) is 14.9. The molecule has 1 aliphatic heterocycles. The number of aliphatic hydroxyl groups is 1. The lowest BCUT2D eigenvalue weighted by molar-refractivity contribution is 0.202. The molecule has 1 saturated heterocycles. The van der Waals surface area contributed by atoms with Gasteiger partial charge in [0, 0.05) is 17.6 Å². The molecule has 112 valence electrons. The van der Waals surface area contributed by atoms with Gasteiger partial charge in [0.1, 0.15) is 0 Å². The fraction of sp³-hybridized carbons (Fsp3) is 0.571. The molecule has 0 saturated carbocycles. The van der Waals surface area contributed by atoms with E-state index >= 15 is 0 Å². The van der Waals surface area contributed by atoms with E-state index in [0.717, 1.165) is 12.8 Å². The van der Waals surface area contributed by atoms with E-state index in [-0.39, 0.29) is 17.5 Å². The average Bonchev–Trinajstić information content (AvgIpc) is 2.42. The highest BCUT2D eigenvalue weighted by Crippen LogP contribution is 2.30. The quantitative estimate of drug-likeness (QED) is 0.932. The lowest BCUT2D eigenvalue weighted by Crippen LogP contribution is -2.45. The van der Waals surface area contributed by atoms with E-state index in [9.17, 15) is 13.5 Å². The first-order valence-electron chi connectivity index (χ1n) is 6.79. The molecular weight excluding hydrogens is 298 g/mol. The molecule has 1 aromatic carbocycles. The highest BCUT2D eigenvalue weighted by molar-refractivity contribution is 7.89. The second-order valence-corrected chi connectivity index (χ2v) is 7.68. The van der Waals surface area contributed by atoms with Crippen LogP contribution in [0.25, 0.3) is 0 Å². The van der Waals surface area contributed by atoms with Crippen molar-refractivity contribution in [3.05, 3.63) is 28.8 Å². The first kappa shape index (κ1) is 15.8. The number of nitrogens with zero attached hydrogens (tertiary/aromatic N) is 1. The third-order valence-electron chi connectivity index (χ3n) is 4.11. The van der Waals surface area contributed by atoms with Crippen LogP contribution in [0.15, 0.2) is 23.1 Å². The van der Waals surface area contributed by atoms with E-state index in [1.165, 1.54) is 18.2 Å². The number of piperidine rings is 1. The van der Waals surface area contributed by atoms with Gasteiger partial charge in [-0.3, -0.25) is 0 Å². The second-order valence-electron chi connectivity index (χ2n) is 5.39. The van der Waals surface area contributed by atoms with Crippen molar-refractivity contribution in [2.24, 2.45) is 5.92 Å². The lowest BCUT2D eigenvalue weighted by Gasteiger charge is -2.36. The van der Waals surface area contributed by atoms with Crippen molar-refractivity contribution >= 4 is 21.6 Å². The zero-order valence-electron chi connectivity index (χ0n) is 11.7. The maximum Gasteiger partial charge on any atom is 0.243 e. The van der Waals surface area contributed by atoms with Crippen molar-refractivity contribution in [2.45, 2.75) is 44.2 Å². The molecule has 0 aromatic heterocycles. The normalized spacial score (nSPS) is 24.8. The molecule has 20 heavy (non-hydrogen) atoms. The van der Waals surface area contributed by atoms with E-state index in [1.54, 1.807) is 4.31 Å². The molecule has 1 N–H and O–H groups in total. The van der Waals surface area contributed by atoms with Crippen molar-refractivity contribution in [3.63, 3.8) is 0 Å². The summed E-state index contributed by atoms with van der Waals surface area (Å²) in [7, 11) is -3.53. The van der Waals surface area contributed by atoms with Gasteiger partial charge in [0.2, 0.25) is 10.0 Å². The number of hydrogen-bond donors (Lipinski definition) is 1. The Balaban J connectivity index is 2.39. The molecule has 0 radical (unpaired) electrons. The van der Waals surface area contributed by atoms with Crippen LogP contribution < -0.4 is 0 Å². The van der Waals surface area contributed by atoms with Crippen LogP contribution in [-0.4, -0.2) is 30.4 Å². The molecule has 2 unspecified atom stereocenters. The number of rotatable bonds is 3. The molecule has 0 aliphatic carbocycles. The van der Waals surface area contributed by atoms with Crippen LogP contribution in [0, 0.1) is 5.92 Å². The van der Waals surface area contributed by atoms with Crippen molar-refractivity contribution in [2.75, 3.05) is 6.54 Å². The largest absolute Gasteiger partial charge is 0.392 e. The highest BCUT2D eigenvalue weighted by Gasteiger charge is 2.34. The number of sulfonamides is 1. The molecule has 2 atom stereocenters. The monoisotopic (exact) mass is 317 g/mol. The minimum atomic E-state index is -3.53. The number of aliphatic hydroxyl groups excluding tert-OH is 1. The summed E-state index contributed by atoms with van der Waals surface area (Å²) in [6, 6.07) is 4.48. The molecule has 0 spiro atoms. The molecule has 1 aromatic rings. The van der Waals surface area contributed by atoms with Gasteiger partial charge in [0.15, 0.2) is 0 Å². The molecule has 4 nitrogen and oxygen atoms in total. The van der Waals surface area contributed by atoms with Crippen molar-refractivity contribution in [1.82, 2.24) is 4.31 Å². The summed E-state index contributed by atoms with van der Waals surface area (Å²) < 4.78 is 27.0. The number of halogens is 1. The van der Waals surface area contributed by atoms with Crippen molar-refractivity contribution < 1.29 is 13.5 Å². The zero-order valence-corrected chi connectivity index (χ0v) is 13.3. The van der Waals surface area contributed by atoms with Gasteiger partial charge in [-0.2, -0.15) is 4.31 Å². The van der Waals surface area contributed by atoms with E-state index in [2.05, 4.69) is 6.92 Å². The summed E-state index contributed by atoms with van der Waals surface area (Å²) in [5.74, 6) is 0.350. The molecule has 0 amide bonds. The minimum absolute atomic E-state index is 0.0120. The Bertz CT molecular complexity index is 588.